The highest BCUT2D eigenvalue weighted by Crippen LogP contribution is 2.45. The second kappa shape index (κ2) is 6.67. The second-order valence-electron chi connectivity index (χ2n) is 7.31. The van der Waals surface area contributed by atoms with Crippen molar-refractivity contribution in [2.24, 2.45) is 0 Å². The molecule has 0 saturated heterocycles. The third-order valence-electron chi connectivity index (χ3n) is 5.66. The largest absolute Gasteiger partial charge is 0.508 e. The Labute approximate surface area is 153 Å². The normalized spacial score (nSPS) is 20.5. The molecule has 0 radical (unpaired) electrons. The topological polar surface area (TPSA) is 76.4 Å². The van der Waals surface area contributed by atoms with Gasteiger partial charge in [-0.15, -0.1) is 0 Å². The Morgan fingerprint density at radius 1 is 1.27 bits per heavy atom. The summed E-state index contributed by atoms with van der Waals surface area (Å²) < 4.78 is 7.33. The lowest BCUT2D eigenvalue weighted by Crippen LogP contribution is -2.26. The predicted molar refractivity (Wildman–Crippen MR) is 98.8 cm³/mol. The number of anilines is 1. The summed E-state index contributed by atoms with van der Waals surface area (Å²) in [6, 6.07) is 5.51. The zero-order valence-corrected chi connectivity index (χ0v) is 15.3. The maximum atomic E-state index is 12.5. The Kier molecular flexibility index (Phi) is 4.34. The van der Waals surface area contributed by atoms with Crippen molar-refractivity contribution in [2.75, 3.05) is 12.4 Å². The van der Waals surface area contributed by atoms with Crippen molar-refractivity contribution in [3.05, 3.63) is 35.0 Å². The SMILES string of the molecule is COc1ccc(O)c([C@H]2CC(=O)Nc3c2c(C)nn3C2CCCCC2)c1. The molecule has 0 unspecified atom stereocenters. The molecule has 0 bridgehead atoms. The lowest BCUT2D eigenvalue weighted by molar-refractivity contribution is -0.116. The van der Waals surface area contributed by atoms with Crippen LogP contribution < -0.4 is 10.1 Å². The van der Waals surface area contributed by atoms with Crippen LogP contribution in [0.2, 0.25) is 0 Å². The third-order valence-corrected chi connectivity index (χ3v) is 5.66. The van der Waals surface area contributed by atoms with Crippen LogP contribution >= 0.6 is 0 Å². The van der Waals surface area contributed by atoms with E-state index in [9.17, 15) is 9.90 Å². The lowest BCUT2D eigenvalue weighted by atomic mass is 9.85. The minimum atomic E-state index is -0.216. The molecule has 1 atom stereocenters. The number of aryl methyl sites for hydroxylation is 1. The molecule has 6 nitrogen and oxygen atoms in total. The molecule has 6 heteroatoms. The summed E-state index contributed by atoms with van der Waals surface area (Å²) in [6.45, 7) is 1.99. The Balaban J connectivity index is 1.81. The van der Waals surface area contributed by atoms with E-state index in [2.05, 4.69) is 5.32 Å². The molecule has 1 saturated carbocycles. The monoisotopic (exact) mass is 355 g/mol. The number of benzene rings is 1. The van der Waals surface area contributed by atoms with Gasteiger partial charge in [0.15, 0.2) is 0 Å². The number of ether oxygens (including phenoxy) is 1. The first kappa shape index (κ1) is 16.9. The number of aromatic hydroxyl groups is 1. The number of nitrogens with zero attached hydrogens (tertiary/aromatic N) is 2. The van der Waals surface area contributed by atoms with Crippen LogP contribution in [0.15, 0.2) is 18.2 Å². The fourth-order valence-corrected chi connectivity index (χ4v) is 4.37. The molecule has 2 aliphatic rings. The summed E-state index contributed by atoms with van der Waals surface area (Å²) in [5.74, 6) is 1.40. The van der Waals surface area contributed by atoms with Crippen LogP contribution in [0.5, 0.6) is 11.5 Å². The first-order valence-electron chi connectivity index (χ1n) is 9.34. The predicted octanol–water partition coefficient (Wildman–Crippen LogP) is 3.89. The van der Waals surface area contributed by atoms with E-state index in [1.807, 2.05) is 17.7 Å². The van der Waals surface area contributed by atoms with Gasteiger partial charge in [-0.25, -0.2) is 4.68 Å². The van der Waals surface area contributed by atoms with Gasteiger partial charge in [-0.2, -0.15) is 5.10 Å². The smallest absolute Gasteiger partial charge is 0.226 e. The standard InChI is InChI=1S/C20H25N3O3/c1-12-19-16(15-10-14(26-2)8-9-17(15)24)11-18(25)21-20(19)23(22-12)13-6-4-3-5-7-13/h8-10,13,16,24H,3-7,11H2,1-2H3,(H,21,25)/t16-/m1/s1. The Morgan fingerprint density at radius 2 is 2.04 bits per heavy atom. The summed E-state index contributed by atoms with van der Waals surface area (Å²) in [6.07, 6.45) is 6.16. The van der Waals surface area contributed by atoms with E-state index in [1.54, 1.807) is 19.2 Å². The number of aromatic nitrogens is 2. The van der Waals surface area contributed by atoms with E-state index in [4.69, 9.17) is 9.84 Å². The summed E-state index contributed by atoms with van der Waals surface area (Å²) in [7, 11) is 1.60. The fourth-order valence-electron chi connectivity index (χ4n) is 4.37. The van der Waals surface area contributed by atoms with Crippen LogP contribution in [0.25, 0.3) is 0 Å². The van der Waals surface area contributed by atoms with Crippen molar-refractivity contribution in [2.45, 2.75) is 57.4 Å². The average Bonchev–Trinajstić information content (AvgIpc) is 2.99. The Bertz CT molecular complexity index is 837. The minimum Gasteiger partial charge on any atom is -0.508 e. The van der Waals surface area contributed by atoms with Crippen molar-refractivity contribution >= 4 is 11.7 Å². The first-order chi connectivity index (χ1) is 12.6. The van der Waals surface area contributed by atoms with E-state index >= 15 is 0 Å². The summed E-state index contributed by atoms with van der Waals surface area (Å²) in [4.78, 5) is 12.5. The van der Waals surface area contributed by atoms with E-state index < -0.39 is 0 Å². The molecule has 1 aromatic heterocycles. The fraction of sp³-hybridized carbons (Fsp3) is 0.500. The molecular formula is C20H25N3O3. The van der Waals surface area contributed by atoms with Crippen molar-refractivity contribution in [3.63, 3.8) is 0 Å². The van der Waals surface area contributed by atoms with E-state index in [-0.39, 0.29) is 17.6 Å². The van der Waals surface area contributed by atoms with Gasteiger partial charge in [0.1, 0.15) is 17.3 Å². The van der Waals surface area contributed by atoms with E-state index in [0.717, 1.165) is 29.9 Å². The van der Waals surface area contributed by atoms with Gasteiger partial charge in [0.05, 0.1) is 18.8 Å². The minimum absolute atomic E-state index is 0.0401. The van der Waals surface area contributed by atoms with Crippen molar-refractivity contribution in [1.82, 2.24) is 9.78 Å². The van der Waals surface area contributed by atoms with Crippen LogP contribution in [-0.2, 0) is 4.79 Å². The molecule has 138 valence electrons. The van der Waals surface area contributed by atoms with Gasteiger partial charge < -0.3 is 15.2 Å². The Hall–Kier alpha value is -2.50. The molecule has 1 aliphatic heterocycles. The van der Waals surface area contributed by atoms with Crippen molar-refractivity contribution in [3.8, 4) is 11.5 Å². The van der Waals surface area contributed by atoms with Crippen LogP contribution in [0.1, 0.15) is 67.3 Å². The van der Waals surface area contributed by atoms with E-state index in [0.29, 0.717) is 23.8 Å². The maximum Gasteiger partial charge on any atom is 0.226 e. The molecule has 1 amide bonds. The summed E-state index contributed by atoms with van der Waals surface area (Å²) >= 11 is 0. The highest BCUT2D eigenvalue weighted by Gasteiger charge is 2.35. The molecule has 2 aromatic rings. The number of fused-ring (bicyclic) bond motifs is 1. The van der Waals surface area contributed by atoms with E-state index in [1.165, 1.54) is 19.3 Å². The molecule has 1 fully saturated rings. The number of nitrogens with one attached hydrogen (secondary N) is 1. The lowest BCUT2D eigenvalue weighted by Gasteiger charge is -2.28. The van der Waals surface area contributed by atoms with Crippen molar-refractivity contribution in [1.29, 1.82) is 0 Å². The number of hydrogen-bond acceptors (Lipinski definition) is 4. The number of phenolic OH excluding ortho intramolecular Hbond substituents is 1. The van der Waals surface area contributed by atoms with Crippen molar-refractivity contribution < 1.29 is 14.6 Å². The summed E-state index contributed by atoms with van der Waals surface area (Å²) in [5.41, 5.74) is 2.64. The van der Waals surface area contributed by atoms with Gasteiger partial charge in [-0.3, -0.25) is 4.79 Å². The molecule has 0 spiro atoms. The number of phenols is 1. The number of rotatable bonds is 3. The summed E-state index contributed by atoms with van der Waals surface area (Å²) in [5, 5.41) is 18.3. The number of carbonyl (C=O) groups is 1. The van der Waals surface area contributed by atoms with Crippen LogP contribution in [0.4, 0.5) is 5.82 Å². The number of hydrogen-bond donors (Lipinski definition) is 2. The number of carbonyl (C=O) groups excluding carboxylic acids is 1. The molecule has 26 heavy (non-hydrogen) atoms. The zero-order valence-electron chi connectivity index (χ0n) is 15.3. The molecular weight excluding hydrogens is 330 g/mol. The number of amides is 1. The quantitative estimate of drug-likeness (QED) is 0.876. The second-order valence-corrected chi connectivity index (χ2v) is 7.31. The number of methoxy groups -OCH3 is 1. The van der Waals surface area contributed by atoms with Crippen LogP contribution in [0, 0.1) is 6.92 Å². The van der Waals surface area contributed by atoms with Gasteiger partial charge in [-0.1, -0.05) is 19.3 Å². The van der Waals surface area contributed by atoms with Crippen LogP contribution in [0.3, 0.4) is 0 Å². The molecule has 2 N–H and O–H groups in total. The third kappa shape index (κ3) is 2.83. The van der Waals surface area contributed by atoms with Crippen LogP contribution in [-0.4, -0.2) is 27.9 Å². The molecule has 4 rings (SSSR count). The molecule has 1 aliphatic carbocycles. The zero-order chi connectivity index (χ0) is 18.3. The van der Waals surface area contributed by atoms with Gasteiger partial charge >= 0.3 is 0 Å². The highest BCUT2D eigenvalue weighted by molar-refractivity contribution is 5.94. The Morgan fingerprint density at radius 3 is 2.77 bits per heavy atom. The molecule has 1 aromatic carbocycles. The van der Waals surface area contributed by atoms with Gasteiger partial charge in [0, 0.05) is 23.5 Å². The average molecular weight is 355 g/mol. The first-order valence-corrected chi connectivity index (χ1v) is 9.34. The maximum absolute atomic E-state index is 12.5. The highest BCUT2D eigenvalue weighted by atomic mass is 16.5. The van der Waals surface area contributed by atoms with Gasteiger partial charge in [0.25, 0.3) is 0 Å². The molecule has 2 heterocycles. The van der Waals surface area contributed by atoms with Gasteiger partial charge in [0.2, 0.25) is 5.91 Å². The van der Waals surface area contributed by atoms with Gasteiger partial charge in [-0.05, 0) is 38.0 Å².